The molecule has 0 aliphatic carbocycles. The van der Waals surface area contributed by atoms with Crippen LogP contribution in [-0.2, 0) is 9.31 Å². The first-order chi connectivity index (χ1) is 8.88. The van der Waals surface area contributed by atoms with Gasteiger partial charge in [0.25, 0.3) is 0 Å². The van der Waals surface area contributed by atoms with Crippen LogP contribution in [0.4, 0.5) is 0 Å². The molecule has 19 heavy (non-hydrogen) atoms. The molecule has 0 aromatic rings. The van der Waals surface area contributed by atoms with E-state index >= 15 is 0 Å². The first-order valence-electron chi connectivity index (χ1n) is 7.35. The summed E-state index contributed by atoms with van der Waals surface area (Å²) >= 11 is 0. The average molecular weight is 265 g/mol. The highest BCUT2D eigenvalue weighted by Crippen LogP contribution is 2.41. The van der Waals surface area contributed by atoms with Crippen molar-refractivity contribution in [3.8, 4) is 0 Å². The van der Waals surface area contributed by atoms with Crippen LogP contribution >= 0.6 is 0 Å². The Morgan fingerprint density at radius 1 is 1.21 bits per heavy atom. The van der Waals surface area contributed by atoms with Crippen LogP contribution in [0.5, 0.6) is 0 Å². The maximum absolute atomic E-state index is 6.20. The monoisotopic (exact) mass is 265 g/mol. The maximum atomic E-state index is 6.20. The van der Waals surface area contributed by atoms with Crippen LogP contribution in [0.2, 0.25) is 6.32 Å². The third-order valence-electron chi connectivity index (χ3n) is 3.98. The molecule has 108 valence electrons. The molecular weight excluding hydrogens is 237 g/mol. The molecule has 0 amide bonds. The Kier molecular flexibility index (Phi) is 5.81. The zero-order valence-corrected chi connectivity index (χ0v) is 13.3. The summed E-state index contributed by atoms with van der Waals surface area (Å²) in [6.07, 6.45) is 7.98. The molecule has 0 radical (unpaired) electrons. The number of hydrogen-bond acceptors (Lipinski definition) is 3. The first kappa shape index (κ1) is 16.4. The number of hydrogen-bond donors (Lipinski definition) is 0. The molecule has 3 nitrogen and oxygen atoms in total. The molecule has 1 atom stereocenters. The molecule has 0 bridgehead atoms. The summed E-state index contributed by atoms with van der Waals surface area (Å²) in [5, 5.41) is 0. The third kappa shape index (κ3) is 3.93. The van der Waals surface area contributed by atoms with Gasteiger partial charge in [-0.05, 0) is 39.2 Å². The molecule has 1 saturated heterocycles. The second-order valence-electron chi connectivity index (χ2n) is 5.94. The standard InChI is InChI=1S/C15H28BNO2/c1-7-9-13(12-17-6)11-16-18-14(3,4)15(5,19-16)10-8-2/h9,12H,7-8,10-11H2,1-6H3/b13-9-,17-12?. The van der Waals surface area contributed by atoms with Gasteiger partial charge < -0.3 is 9.31 Å². The average Bonchev–Trinajstić information content (AvgIpc) is 2.49. The van der Waals surface area contributed by atoms with E-state index in [4.69, 9.17) is 9.31 Å². The van der Waals surface area contributed by atoms with Crippen molar-refractivity contribution in [1.29, 1.82) is 0 Å². The third-order valence-corrected chi connectivity index (χ3v) is 3.98. The lowest BCUT2D eigenvalue weighted by atomic mass is 9.80. The van der Waals surface area contributed by atoms with E-state index in [0.29, 0.717) is 0 Å². The zero-order valence-electron chi connectivity index (χ0n) is 13.3. The van der Waals surface area contributed by atoms with E-state index in [1.54, 1.807) is 7.05 Å². The van der Waals surface area contributed by atoms with Gasteiger partial charge in [-0.1, -0.05) is 26.3 Å². The number of aliphatic imine (C=N–C) groups is 1. The molecule has 0 aromatic carbocycles. The minimum atomic E-state index is -0.242. The summed E-state index contributed by atoms with van der Waals surface area (Å²) in [7, 11) is 1.63. The van der Waals surface area contributed by atoms with Crippen LogP contribution in [0, 0.1) is 0 Å². The van der Waals surface area contributed by atoms with Crippen molar-refractivity contribution in [3.63, 3.8) is 0 Å². The van der Waals surface area contributed by atoms with Crippen LogP contribution < -0.4 is 0 Å². The van der Waals surface area contributed by atoms with Gasteiger partial charge >= 0.3 is 7.12 Å². The van der Waals surface area contributed by atoms with Gasteiger partial charge in [-0.15, -0.1) is 0 Å². The Bertz CT molecular complexity index is 352. The highest BCUT2D eigenvalue weighted by Gasteiger charge is 2.53. The molecular formula is C15H28BNO2. The molecule has 1 aliphatic rings. The van der Waals surface area contributed by atoms with E-state index in [9.17, 15) is 0 Å². The predicted molar refractivity (Wildman–Crippen MR) is 82.9 cm³/mol. The van der Waals surface area contributed by atoms with Crippen molar-refractivity contribution in [2.45, 2.75) is 71.4 Å². The van der Waals surface area contributed by atoms with E-state index in [0.717, 1.165) is 25.6 Å². The molecule has 0 spiro atoms. The van der Waals surface area contributed by atoms with Crippen molar-refractivity contribution in [2.75, 3.05) is 7.05 Å². The van der Waals surface area contributed by atoms with Gasteiger partial charge in [-0.2, -0.15) is 0 Å². The summed E-state index contributed by atoms with van der Waals surface area (Å²) < 4.78 is 12.3. The lowest BCUT2D eigenvalue weighted by molar-refractivity contribution is -0.0159. The highest BCUT2D eigenvalue weighted by molar-refractivity contribution is 6.47. The smallest absolute Gasteiger partial charge is 0.403 e. The van der Waals surface area contributed by atoms with Gasteiger partial charge in [0.05, 0.1) is 11.2 Å². The van der Waals surface area contributed by atoms with Crippen LogP contribution in [0.15, 0.2) is 16.6 Å². The second kappa shape index (κ2) is 6.71. The van der Waals surface area contributed by atoms with Gasteiger partial charge in [-0.3, -0.25) is 4.99 Å². The van der Waals surface area contributed by atoms with Gasteiger partial charge in [0.2, 0.25) is 0 Å². The largest absolute Gasteiger partial charge is 0.462 e. The topological polar surface area (TPSA) is 30.8 Å². The zero-order chi connectivity index (χ0) is 14.5. The van der Waals surface area contributed by atoms with Crippen molar-refractivity contribution >= 4 is 13.3 Å². The quantitative estimate of drug-likeness (QED) is 0.538. The van der Waals surface area contributed by atoms with E-state index in [2.05, 4.69) is 45.7 Å². The Hall–Kier alpha value is -0.605. The van der Waals surface area contributed by atoms with Crippen LogP contribution in [-0.4, -0.2) is 31.6 Å². The number of rotatable bonds is 6. The molecule has 1 heterocycles. The summed E-state index contributed by atoms with van der Waals surface area (Å²) in [6.45, 7) is 10.7. The minimum Gasteiger partial charge on any atom is -0.403 e. The molecule has 1 unspecified atom stereocenters. The molecule has 4 heteroatoms. The van der Waals surface area contributed by atoms with E-state index in [1.165, 1.54) is 5.57 Å². The Balaban J connectivity index is 2.76. The number of allylic oxidation sites excluding steroid dienone is 2. The Morgan fingerprint density at radius 2 is 1.89 bits per heavy atom. The van der Waals surface area contributed by atoms with Gasteiger partial charge in [0.1, 0.15) is 0 Å². The highest BCUT2D eigenvalue weighted by atomic mass is 16.7. The summed E-state index contributed by atoms with van der Waals surface area (Å²) in [4.78, 5) is 4.10. The fourth-order valence-corrected chi connectivity index (χ4v) is 2.64. The van der Waals surface area contributed by atoms with E-state index in [1.807, 2.05) is 6.21 Å². The Labute approximate surface area is 118 Å². The molecule has 1 fully saturated rings. The van der Waals surface area contributed by atoms with Crippen molar-refractivity contribution in [3.05, 3.63) is 11.6 Å². The van der Waals surface area contributed by atoms with Gasteiger partial charge in [0, 0.05) is 19.6 Å². The fraction of sp³-hybridized carbons (Fsp3) is 0.800. The van der Waals surface area contributed by atoms with Crippen LogP contribution in [0.1, 0.15) is 53.9 Å². The van der Waals surface area contributed by atoms with Crippen LogP contribution in [0.3, 0.4) is 0 Å². The molecule has 1 aliphatic heterocycles. The summed E-state index contributed by atoms with van der Waals surface area (Å²) in [5.74, 6) is 0. The SMILES string of the molecule is CC/C=C(\C=NC)CB1OC(C)(C)C(C)(CCC)O1. The second-order valence-corrected chi connectivity index (χ2v) is 5.94. The van der Waals surface area contributed by atoms with Crippen molar-refractivity contribution < 1.29 is 9.31 Å². The van der Waals surface area contributed by atoms with Crippen LogP contribution in [0.25, 0.3) is 0 Å². The molecule has 0 saturated carbocycles. The Morgan fingerprint density at radius 3 is 2.42 bits per heavy atom. The lowest BCUT2D eigenvalue weighted by Crippen LogP contribution is -2.44. The fourth-order valence-electron chi connectivity index (χ4n) is 2.64. The summed E-state index contributed by atoms with van der Waals surface area (Å²) in [6, 6.07) is 0. The molecule has 1 rings (SSSR count). The number of nitrogens with zero attached hydrogens (tertiary/aromatic N) is 1. The normalized spacial score (nSPS) is 27.5. The predicted octanol–water partition coefficient (Wildman–Crippen LogP) is 3.90. The minimum absolute atomic E-state index is 0.164. The van der Waals surface area contributed by atoms with E-state index in [-0.39, 0.29) is 18.3 Å². The maximum Gasteiger partial charge on any atom is 0.462 e. The molecule has 0 aromatic heterocycles. The lowest BCUT2D eigenvalue weighted by Gasteiger charge is -2.36. The van der Waals surface area contributed by atoms with Crippen molar-refractivity contribution in [1.82, 2.24) is 0 Å². The van der Waals surface area contributed by atoms with Gasteiger partial charge in [0.15, 0.2) is 0 Å². The summed E-state index contributed by atoms with van der Waals surface area (Å²) in [5.41, 5.74) is 0.744. The van der Waals surface area contributed by atoms with Gasteiger partial charge in [-0.25, -0.2) is 0 Å². The van der Waals surface area contributed by atoms with E-state index < -0.39 is 0 Å². The van der Waals surface area contributed by atoms with Crippen molar-refractivity contribution in [2.24, 2.45) is 4.99 Å². The molecule has 0 N–H and O–H groups in total. The first-order valence-corrected chi connectivity index (χ1v) is 7.35.